The van der Waals surface area contributed by atoms with Crippen molar-refractivity contribution >= 4 is 11.6 Å². The standard InChI is InChI=1S/C19H14NO/c21-19-17-12-5-4-10-15(17)16-11-6-7-13-18(16)20(19)14-8-2-1-3-9-14/h1-13,18H. The molecule has 0 N–H and O–H groups in total. The molecule has 1 heterocycles. The van der Waals surface area contributed by atoms with Gasteiger partial charge in [0, 0.05) is 11.3 Å². The van der Waals surface area contributed by atoms with Crippen LogP contribution in [0.25, 0.3) is 0 Å². The van der Waals surface area contributed by atoms with E-state index >= 15 is 0 Å². The van der Waals surface area contributed by atoms with Gasteiger partial charge in [0.1, 0.15) is 0 Å². The summed E-state index contributed by atoms with van der Waals surface area (Å²) in [5.41, 5.74) is 2.74. The van der Waals surface area contributed by atoms with Crippen molar-refractivity contribution in [1.82, 2.24) is 0 Å². The highest BCUT2D eigenvalue weighted by atomic mass is 16.2. The van der Waals surface area contributed by atoms with Gasteiger partial charge < -0.3 is 4.90 Å². The number of carbonyl (C=O) groups is 1. The van der Waals surface area contributed by atoms with Gasteiger partial charge in [-0.3, -0.25) is 4.79 Å². The molecule has 21 heavy (non-hydrogen) atoms. The van der Waals surface area contributed by atoms with Gasteiger partial charge in [0.25, 0.3) is 5.91 Å². The van der Waals surface area contributed by atoms with Crippen LogP contribution >= 0.6 is 0 Å². The molecule has 0 saturated carbocycles. The van der Waals surface area contributed by atoms with Crippen molar-refractivity contribution < 1.29 is 4.79 Å². The van der Waals surface area contributed by atoms with Crippen LogP contribution in [-0.2, 0) is 0 Å². The second-order valence-corrected chi connectivity index (χ2v) is 5.20. The first-order valence-electron chi connectivity index (χ1n) is 7.06. The molecule has 1 unspecified atom stereocenters. The molecule has 1 aliphatic carbocycles. The van der Waals surface area contributed by atoms with E-state index in [9.17, 15) is 4.79 Å². The molecule has 2 heteroatoms. The summed E-state index contributed by atoms with van der Waals surface area (Å²) in [4.78, 5) is 14.8. The van der Waals surface area contributed by atoms with E-state index in [2.05, 4.69) is 12.2 Å². The van der Waals surface area contributed by atoms with Gasteiger partial charge in [-0.1, -0.05) is 60.7 Å². The lowest BCUT2D eigenvalue weighted by Crippen LogP contribution is -2.47. The van der Waals surface area contributed by atoms with Gasteiger partial charge >= 0.3 is 0 Å². The number of anilines is 1. The minimum atomic E-state index is -0.0280. The molecule has 2 aromatic carbocycles. The van der Waals surface area contributed by atoms with Crippen LogP contribution in [0.2, 0.25) is 0 Å². The van der Waals surface area contributed by atoms with Crippen LogP contribution in [0.15, 0.2) is 78.9 Å². The highest BCUT2D eigenvalue weighted by Crippen LogP contribution is 2.38. The van der Waals surface area contributed by atoms with Crippen LogP contribution in [-0.4, -0.2) is 11.9 Å². The van der Waals surface area contributed by atoms with Crippen LogP contribution in [0.3, 0.4) is 0 Å². The zero-order valence-corrected chi connectivity index (χ0v) is 11.4. The summed E-state index contributed by atoms with van der Waals surface area (Å²) >= 11 is 0. The summed E-state index contributed by atoms with van der Waals surface area (Å²) in [6.07, 6.45) is 8.22. The van der Waals surface area contributed by atoms with Crippen LogP contribution in [0, 0.1) is 5.92 Å². The zero-order chi connectivity index (χ0) is 14.2. The summed E-state index contributed by atoms with van der Waals surface area (Å²) in [6, 6.07) is 17.7. The Morgan fingerprint density at radius 2 is 1.52 bits per heavy atom. The van der Waals surface area contributed by atoms with Crippen molar-refractivity contribution in [1.29, 1.82) is 0 Å². The van der Waals surface area contributed by atoms with Gasteiger partial charge in [-0.25, -0.2) is 0 Å². The number of nitrogens with zero attached hydrogens (tertiary/aromatic N) is 1. The normalized spacial score (nSPS) is 20.3. The average molecular weight is 272 g/mol. The van der Waals surface area contributed by atoms with E-state index in [1.54, 1.807) is 0 Å². The lowest BCUT2D eigenvalue weighted by atomic mass is 9.80. The third kappa shape index (κ3) is 1.83. The fourth-order valence-electron chi connectivity index (χ4n) is 3.05. The Morgan fingerprint density at radius 3 is 2.33 bits per heavy atom. The predicted octanol–water partition coefficient (Wildman–Crippen LogP) is 3.76. The number of benzene rings is 2. The summed E-state index contributed by atoms with van der Waals surface area (Å²) < 4.78 is 0. The smallest absolute Gasteiger partial charge is 0.259 e. The van der Waals surface area contributed by atoms with E-state index in [1.165, 1.54) is 5.92 Å². The van der Waals surface area contributed by atoms with E-state index < -0.39 is 0 Å². The van der Waals surface area contributed by atoms with E-state index in [0.29, 0.717) is 0 Å². The highest BCUT2D eigenvalue weighted by molar-refractivity contribution is 6.10. The monoisotopic (exact) mass is 272 g/mol. The maximum Gasteiger partial charge on any atom is 0.259 e. The van der Waals surface area contributed by atoms with Crippen LogP contribution in [0.1, 0.15) is 15.9 Å². The Hall–Kier alpha value is -2.61. The van der Waals surface area contributed by atoms with Crippen molar-refractivity contribution in [3.8, 4) is 0 Å². The molecule has 1 radical (unpaired) electrons. The van der Waals surface area contributed by atoms with Crippen LogP contribution < -0.4 is 4.90 Å². The third-order valence-corrected chi connectivity index (χ3v) is 4.00. The number of allylic oxidation sites excluding steroid dienone is 2. The van der Waals surface area contributed by atoms with Gasteiger partial charge in [0.2, 0.25) is 0 Å². The molecule has 1 atom stereocenters. The molecule has 2 aromatic rings. The summed E-state index contributed by atoms with van der Waals surface area (Å²) in [6.45, 7) is 0. The number of amides is 1. The minimum Gasteiger partial charge on any atom is -0.300 e. The Kier molecular flexibility index (Phi) is 2.74. The van der Waals surface area contributed by atoms with E-state index in [0.717, 1.165) is 16.8 Å². The number of hydrogen-bond donors (Lipinski definition) is 0. The fraction of sp³-hybridized carbons (Fsp3) is 0.0526. The summed E-state index contributed by atoms with van der Waals surface area (Å²) in [5.74, 6) is 1.24. The molecule has 0 aromatic heterocycles. The number of carbonyl (C=O) groups excluding carboxylic acids is 1. The lowest BCUT2D eigenvalue weighted by molar-refractivity contribution is 0.0976. The van der Waals surface area contributed by atoms with E-state index in [1.807, 2.05) is 71.6 Å². The lowest BCUT2D eigenvalue weighted by Gasteiger charge is -2.40. The molecule has 0 bridgehead atoms. The summed E-state index contributed by atoms with van der Waals surface area (Å²) in [5, 5.41) is 0. The summed E-state index contributed by atoms with van der Waals surface area (Å²) in [7, 11) is 0. The Morgan fingerprint density at radius 1 is 0.810 bits per heavy atom. The van der Waals surface area contributed by atoms with Gasteiger partial charge in [-0.15, -0.1) is 0 Å². The first kappa shape index (κ1) is 12.2. The predicted molar refractivity (Wildman–Crippen MR) is 84.1 cm³/mol. The van der Waals surface area contributed by atoms with Gasteiger partial charge in [-0.2, -0.15) is 0 Å². The number of rotatable bonds is 1. The SMILES string of the molecule is O=C1c2ccccc2[C]2C=CC=CC2N1c1ccccc1. The Labute approximate surface area is 124 Å². The number of para-hydroxylation sites is 1. The van der Waals surface area contributed by atoms with Gasteiger partial charge in [-0.05, 0) is 23.8 Å². The first-order chi connectivity index (χ1) is 10.4. The molecule has 2 nitrogen and oxygen atoms in total. The molecule has 0 spiro atoms. The van der Waals surface area contributed by atoms with E-state index in [-0.39, 0.29) is 11.9 Å². The molecular formula is C19H14NO. The van der Waals surface area contributed by atoms with Crippen molar-refractivity contribution in [2.75, 3.05) is 4.90 Å². The largest absolute Gasteiger partial charge is 0.300 e. The van der Waals surface area contributed by atoms with Crippen molar-refractivity contribution in [2.45, 2.75) is 6.04 Å². The molecule has 4 rings (SSSR count). The van der Waals surface area contributed by atoms with Crippen molar-refractivity contribution in [3.63, 3.8) is 0 Å². The molecular weight excluding hydrogens is 258 g/mol. The van der Waals surface area contributed by atoms with E-state index in [4.69, 9.17) is 0 Å². The maximum absolute atomic E-state index is 12.9. The Balaban J connectivity index is 1.91. The van der Waals surface area contributed by atoms with Crippen molar-refractivity contribution in [2.24, 2.45) is 0 Å². The molecule has 0 fully saturated rings. The second kappa shape index (κ2) is 4.74. The molecule has 1 aliphatic heterocycles. The third-order valence-electron chi connectivity index (χ3n) is 4.00. The van der Waals surface area contributed by atoms with Gasteiger partial charge in [0.15, 0.2) is 0 Å². The quantitative estimate of drug-likeness (QED) is 0.774. The topological polar surface area (TPSA) is 20.3 Å². The highest BCUT2D eigenvalue weighted by Gasteiger charge is 2.38. The van der Waals surface area contributed by atoms with Gasteiger partial charge in [0.05, 0.1) is 12.0 Å². The van der Waals surface area contributed by atoms with Crippen LogP contribution in [0.4, 0.5) is 5.69 Å². The molecule has 1 amide bonds. The molecule has 2 aliphatic rings. The maximum atomic E-state index is 12.9. The van der Waals surface area contributed by atoms with Crippen LogP contribution in [0.5, 0.6) is 0 Å². The minimum absolute atomic E-state index is 0.0280. The first-order valence-corrected chi connectivity index (χ1v) is 7.06. The molecule has 101 valence electrons. The molecule has 0 saturated heterocycles. The second-order valence-electron chi connectivity index (χ2n) is 5.20. The Bertz CT molecular complexity index is 745. The average Bonchev–Trinajstić information content (AvgIpc) is 2.56. The fourth-order valence-corrected chi connectivity index (χ4v) is 3.05. The van der Waals surface area contributed by atoms with Crippen molar-refractivity contribution in [3.05, 3.63) is 95.9 Å². The zero-order valence-electron chi connectivity index (χ0n) is 11.4. The number of fused-ring (bicyclic) bond motifs is 3. The number of hydrogen-bond acceptors (Lipinski definition) is 1.